The van der Waals surface area contributed by atoms with Gasteiger partial charge < -0.3 is 10.1 Å². The average Bonchev–Trinajstić information content (AvgIpc) is 2.42. The van der Waals surface area contributed by atoms with Gasteiger partial charge in [-0.05, 0) is 24.7 Å². The monoisotopic (exact) mass is 280 g/mol. The summed E-state index contributed by atoms with van der Waals surface area (Å²) in [5.74, 6) is -0.150. The highest BCUT2D eigenvalue weighted by atomic mass is 35.5. The van der Waals surface area contributed by atoms with Crippen molar-refractivity contribution in [2.24, 2.45) is 0 Å². The van der Waals surface area contributed by atoms with Crippen molar-refractivity contribution < 1.29 is 9.13 Å². The summed E-state index contributed by atoms with van der Waals surface area (Å²) in [6.07, 6.45) is 1.52. The molecule has 2 rings (SSSR count). The van der Waals surface area contributed by atoms with Gasteiger partial charge in [0.15, 0.2) is 5.82 Å². The van der Waals surface area contributed by atoms with Gasteiger partial charge >= 0.3 is 0 Å². The van der Waals surface area contributed by atoms with E-state index in [-0.39, 0.29) is 5.88 Å². The molecule has 0 saturated carbocycles. The molecule has 3 nitrogen and oxygen atoms in total. The Morgan fingerprint density at radius 2 is 2.11 bits per heavy atom. The highest BCUT2D eigenvalue weighted by Crippen LogP contribution is 2.29. The number of nitrogens with zero attached hydrogens (tertiary/aromatic N) is 1. The smallest absolute Gasteiger partial charge is 0.256 e. The van der Waals surface area contributed by atoms with E-state index >= 15 is 0 Å². The molecule has 1 aromatic heterocycles. The zero-order valence-corrected chi connectivity index (χ0v) is 11.2. The second kappa shape index (κ2) is 6.50. The van der Waals surface area contributed by atoms with Crippen molar-refractivity contribution >= 4 is 11.6 Å². The van der Waals surface area contributed by atoms with Crippen LogP contribution in [0.2, 0.25) is 5.02 Å². The number of halogens is 2. The number of hydrogen-bond donors (Lipinski definition) is 1. The standard InChI is InChI=1S/C14H14ClFN2O/c1-2-17-9-10-7-8-18-14(13(10)16)19-12-6-4-3-5-11(12)15/h3-8,17H,2,9H2,1H3. The molecule has 0 aliphatic rings. The first kappa shape index (κ1) is 13.8. The van der Waals surface area contributed by atoms with E-state index in [0.717, 1.165) is 6.54 Å². The van der Waals surface area contributed by atoms with Crippen LogP contribution < -0.4 is 10.1 Å². The van der Waals surface area contributed by atoms with Crippen molar-refractivity contribution in [3.05, 3.63) is 52.9 Å². The Morgan fingerprint density at radius 3 is 2.84 bits per heavy atom. The van der Waals surface area contributed by atoms with Crippen LogP contribution in [-0.2, 0) is 6.54 Å². The van der Waals surface area contributed by atoms with Crippen LogP contribution in [0.25, 0.3) is 0 Å². The lowest BCUT2D eigenvalue weighted by atomic mass is 10.2. The second-order valence-electron chi connectivity index (χ2n) is 3.90. The quantitative estimate of drug-likeness (QED) is 0.905. The molecule has 1 aromatic carbocycles. The molecule has 0 unspecified atom stereocenters. The van der Waals surface area contributed by atoms with E-state index < -0.39 is 5.82 Å². The molecule has 0 radical (unpaired) electrons. The van der Waals surface area contributed by atoms with Crippen molar-refractivity contribution in [1.29, 1.82) is 0 Å². The average molecular weight is 281 g/mol. The van der Waals surface area contributed by atoms with Gasteiger partial charge in [-0.3, -0.25) is 0 Å². The summed E-state index contributed by atoms with van der Waals surface area (Å²) in [6.45, 7) is 3.16. The van der Waals surface area contributed by atoms with E-state index in [1.54, 1.807) is 30.3 Å². The van der Waals surface area contributed by atoms with E-state index in [9.17, 15) is 4.39 Å². The van der Waals surface area contributed by atoms with Gasteiger partial charge in [0.2, 0.25) is 0 Å². The molecule has 0 aliphatic heterocycles. The Morgan fingerprint density at radius 1 is 1.32 bits per heavy atom. The van der Waals surface area contributed by atoms with Crippen molar-refractivity contribution in [3.63, 3.8) is 0 Å². The highest BCUT2D eigenvalue weighted by Gasteiger charge is 2.12. The van der Waals surface area contributed by atoms with Crippen molar-refractivity contribution in [2.45, 2.75) is 13.5 Å². The number of hydrogen-bond acceptors (Lipinski definition) is 3. The van der Waals surface area contributed by atoms with E-state index in [2.05, 4.69) is 10.3 Å². The molecule has 0 amide bonds. The number of pyridine rings is 1. The van der Waals surface area contributed by atoms with Gasteiger partial charge in [0, 0.05) is 18.3 Å². The van der Waals surface area contributed by atoms with Crippen LogP contribution in [0.1, 0.15) is 12.5 Å². The first-order valence-corrected chi connectivity index (χ1v) is 6.36. The summed E-state index contributed by atoms with van der Waals surface area (Å²) in [5.41, 5.74) is 0.513. The van der Waals surface area contributed by atoms with Crippen LogP contribution in [0.4, 0.5) is 4.39 Å². The number of benzene rings is 1. The Labute approximate surface area is 116 Å². The van der Waals surface area contributed by atoms with E-state index in [1.807, 2.05) is 6.92 Å². The summed E-state index contributed by atoms with van der Waals surface area (Å²) in [6, 6.07) is 8.51. The Hall–Kier alpha value is -1.65. The van der Waals surface area contributed by atoms with Crippen molar-refractivity contribution in [2.75, 3.05) is 6.54 Å². The molecule has 0 atom stereocenters. The van der Waals surface area contributed by atoms with Gasteiger partial charge in [0.1, 0.15) is 5.75 Å². The van der Waals surface area contributed by atoms with Crippen LogP contribution in [0, 0.1) is 5.82 Å². The van der Waals surface area contributed by atoms with E-state index in [1.165, 1.54) is 6.20 Å². The summed E-state index contributed by atoms with van der Waals surface area (Å²) in [5, 5.41) is 3.48. The molecule has 5 heteroatoms. The van der Waals surface area contributed by atoms with Gasteiger partial charge in [0.05, 0.1) is 5.02 Å². The van der Waals surface area contributed by atoms with Gasteiger partial charge in [-0.1, -0.05) is 30.7 Å². The van der Waals surface area contributed by atoms with Crippen LogP contribution in [0.3, 0.4) is 0 Å². The Bertz CT molecular complexity index is 563. The maximum atomic E-state index is 14.1. The third-order valence-corrected chi connectivity index (χ3v) is 2.86. The summed E-state index contributed by atoms with van der Waals surface area (Å²) >= 11 is 5.96. The number of rotatable bonds is 5. The number of aromatic nitrogens is 1. The third kappa shape index (κ3) is 3.43. The number of ether oxygens (including phenoxy) is 1. The van der Waals surface area contributed by atoms with Crippen molar-refractivity contribution in [3.8, 4) is 11.6 Å². The zero-order valence-electron chi connectivity index (χ0n) is 10.5. The molecular formula is C14H14ClFN2O. The molecule has 0 saturated heterocycles. The van der Waals surface area contributed by atoms with E-state index in [4.69, 9.17) is 16.3 Å². The lowest BCUT2D eigenvalue weighted by Gasteiger charge is -2.10. The van der Waals surface area contributed by atoms with Gasteiger partial charge in [0.25, 0.3) is 5.88 Å². The largest absolute Gasteiger partial charge is 0.435 e. The molecule has 0 spiro atoms. The van der Waals surface area contributed by atoms with Crippen LogP contribution in [0.5, 0.6) is 11.6 Å². The first-order valence-electron chi connectivity index (χ1n) is 5.99. The Kier molecular flexibility index (Phi) is 4.71. The molecule has 100 valence electrons. The van der Waals surface area contributed by atoms with Crippen LogP contribution >= 0.6 is 11.6 Å². The maximum Gasteiger partial charge on any atom is 0.256 e. The minimum atomic E-state index is -0.469. The normalized spacial score (nSPS) is 10.5. The first-order chi connectivity index (χ1) is 9.22. The summed E-state index contributed by atoms with van der Waals surface area (Å²) in [7, 11) is 0. The van der Waals surface area contributed by atoms with Gasteiger partial charge in [-0.25, -0.2) is 9.37 Å². The molecule has 1 N–H and O–H groups in total. The molecule has 0 bridgehead atoms. The fourth-order valence-electron chi connectivity index (χ4n) is 1.56. The van der Waals surface area contributed by atoms with Crippen LogP contribution in [0.15, 0.2) is 36.5 Å². The maximum absolute atomic E-state index is 14.1. The molecule has 0 fully saturated rings. The minimum absolute atomic E-state index is 0.0662. The minimum Gasteiger partial charge on any atom is -0.435 e. The SMILES string of the molecule is CCNCc1ccnc(Oc2ccccc2Cl)c1F. The zero-order chi connectivity index (χ0) is 13.7. The second-order valence-corrected chi connectivity index (χ2v) is 4.31. The molecule has 1 heterocycles. The molecule has 19 heavy (non-hydrogen) atoms. The molecule has 0 aliphatic carbocycles. The van der Waals surface area contributed by atoms with Crippen molar-refractivity contribution in [1.82, 2.24) is 10.3 Å². The number of nitrogens with one attached hydrogen (secondary N) is 1. The lowest BCUT2D eigenvalue weighted by molar-refractivity contribution is 0.418. The van der Waals surface area contributed by atoms with Crippen LogP contribution in [-0.4, -0.2) is 11.5 Å². The van der Waals surface area contributed by atoms with Gasteiger partial charge in [-0.2, -0.15) is 0 Å². The van der Waals surface area contributed by atoms with E-state index in [0.29, 0.717) is 22.9 Å². The summed E-state index contributed by atoms with van der Waals surface area (Å²) in [4.78, 5) is 3.90. The predicted molar refractivity (Wildman–Crippen MR) is 73.1 cm³/mol. The molecule has 2 aromatic rings. The summed E-state index contributed by atoms with van der Waals surface area (Å²) < 4.78 is 19.6. The highest BCUT2D eigenvalue weighted by molar-refractivity contribution is 6.32. The molecular weight excluding hydrogens is 267 g/mol. The number of para-hydroxylation sites is 1. The Balaban J connectivity index is 2.23. The van der Waals surface area contributed by atoms with Gasteiger partial charge in [-0.15, -0.1) is 0 Å². The fourth-order valence-corrected chi connectivity index (χ4v) is 1.74. The predicted octanol–water partition coefficient (Wildman–Crippen LogP) is 3.78. The topological polar surface area (TPSA) is 34.2 Å². The third-order valence-electron chi connectivity index (χ3n) is 2.55. The fraction of sp³-hybridized carbons (Fsp3) is 0.214. The lowest BCUT2D eigenvalue weighted by Crippen LogP contribution is -2.13.